The second-order valence-electron chi connectivity index (χ2n) is 12.8. The molecule has 2 aromatic rings. The summed E-state index contributed by atoms with van der Waals surface area (Å²) >= 11 is 0. The SMILES string of the molecule is CC(C)[C@@H](CCN=C(N)N)C[C@H](O)[C@H](CC1CCCCC1)NC(=O)[C@H](Cc1cnc[nH]1)NC(=O)[C@H](Cc1ccccc1)NC(=O)O.Cl. The van der Waals surface area contributed by atoms with Crippen LogP contribution in [0.3, 0.4) is 0 Å². The number of carboxylic acid groups (broad SMARTS) is 1. The summed E-state index contributed by atoms with van der Waals surface area (Å²) in [7, 11) is 0. The molecule has 0 spiro atoms. The van der Waals surface area contributed by atoms with Crippen LogP contribution in [0.5, 0.6) is 0 Å². The fourth-order valence-corrected chi connectivity index (χ4v) is 6.24. The number of nitrogens with zero attached hydrogens (tertiary/aromatic N) is 2. The summed E-state index contributed by atoms with van der Waals surface area (Å²) in [4.78, 5) is 50.2. The Kier molecular flexibility index (Phi) is 17.1. The predicted octanol–water partition coefficient (Wildman–Crippen LogP) is 2.88. The van der Waals surface area contributed by atoms with E-state index in [1.807, 2.05) is 18.2 Å². The van der Waals surface area contributed by atoms with Gasteiger partial charge in [-0.05, 0) is 42.6 Å². The first kappa shape index (κ1) is 39.3. The molecule has 1 aliphatic rings. The number of nitrogens with two attached hydrogens (primary N) is 2. The lowest BCUT2D eigenvalue weighted by molar-refractivity contribution is -0.131. The Morgan fingerprint density at radius 3 is 2.26 bits per heavy atom. The number of aliphatic hydroxyl groups is 1. The van der Waals surface area contributed by atoms with Crippen LogP contribution in [0.25, 0.3) is 0 Å². The van der Waals surface area contributed by atoms with Crippen LogP contribution < -0.4 is 27.4 Å². The van der Waals surface area contributed by atoms with Gasteiger partial charge in [-0.25, -0.2) is 9.78 Å². The van der Waals surface area contributed by atoms with Gasteiger partial charge in [0.1, 0.15) is 12.1 Å². The summed E-state index contributed by atoms with van der Waals surface area (Å²) in [6, 6.07) is 6.33. The van der Waals surface area contributed by atoms with E-state index in [2.05, 4.69) is 44.8 Å². The Hall–Kier alpha value is -3.84. The highest BCUT2D eigenvalue weighted by Gasteiger charge is 2.33. The van der Waals surface area contributed by atoms with Gasteiger partial charge in [0.2, 0.25) is 11.8 Å². The molecule has 1 heterocycles. The van der Waals surface area contributed by atoms with Crippen LogP contribution in [0, 0.1) is 17.8 Å². The normalized spacial score (nSPS) is 16.5. The number of carbonyl (C=O) groups is 3. The molecule has 3 rings (SSSR count). The topological polar surface area (TPSA) is 221 Å². The number of imidazole rings is 1. The average molecular weight is 677 g/mol. The summed E-state index contributed by atoms with van der Waals surface area (Å²) < 4.78 is 0. The molecule has 1 saturated carbocycles. The standard InChI is InChI=1S/C33H52N8O5.ClH/c1-21(2)24(13-14-37-32(34)35)17-29(42)26(15-22-9-5-3-6-10-22)39-31(44)28(18-25-19-36-20-38-25)40-30(43)27(41-33(45)46)16-23-11-7-4-8-12-23;/h4,7-8,11-12,19-22,24,26-29,41-42H,3,5-6,9-10,13-18H2,1-2H3,(H,36,38)(H,39,44)(H,40,43)(H,45,46)(H4,34,35,37);1H/t24-,26-,27-,28-,29-;/m0./s1. The van der Waals surface area contributed by atoms with E-state index in [-0.39, 0.29) is 43.0 Å². The molecule has 1 fully saturated rings. The van der Waals surface area contributed by atoms with Crippen LogP contribution >= 0.6 is 12.4 Å². The Balaban J connectivity index is 0.00000768. The second kappa shape index (κ2) is 20.4. The van der Waals surface area contributed by atoms with Gasteiger partial charge in [-0.15, -0.1) is 12.4 Å². The lowest BCUT2D eigenvalue weighted by Crippen LogP contribution is -2.57. The quantitative estimate of drug-likeness (QED) is 0.0864. The zero-order valence-electron chi connectivity index (χ0n) is 27.4. The monoisotopic (exact) mass is 676 g/mol. The predicted molar refractivity (Wildman–Crippen MR) is 184 cm³/mol. The molecule has 47 heavy (non-hydrogen) atoms. The first-order valence-electron chi connectivity index (χ1n) is 16.4. The van der Waals surface area contributed by atoms with Crippen LogP contribution in [0.1, 0.15) is 76.5 Å². The number of H-pyrrole nitrogens is 1. The van der Waals surface area contributed by atoms with Crippen molar-refractivity contribution >= 4 is 36.3 Å². The number of rotatable bonds is 18. The largest absolute Gasteiger partial charge is 0.465 e. The first-order chi connectivity index (χ1) is 22.0. The average Bonchev–Trinajstić information content (AvgIpc) is 3.53. The van der Waals surface area contributed by atoms with E-state index in [4.69, 9.17) is 11.5 Å². The molecule has 0 aliphatic heterocycles. The third-order valence-electron chi connectivity index (χ3n) is 8.89. The van der Waals surface area contributed by atoms with Crippen molar-refractivity contribution in [2.24, 2.45) is 34.2 Å². The van der Waals surface area contributed by atoms with Crippen molar-refractivity contribution in [3.05, 3.63) is 54.1 Å². The molecule has 0 radical (unpaired) electrons. The van der Waals surface area contributed by atoms with E-state index < -0.39 is 42.1 Å². The summed E-state index contributed by atoms with van der Waals surface area (Å²) in [5.41, 5.74) is 12.4. The van der Waals surface area contributed by atoms with Gasteiger partial charge in [0.05, 0.1) is 18.5 Å². The Morgan fingerprint density at radius 2 is 1.66 bits per heavy atom. The Bertz CT molecular complexity index is 1240. The molecule has 13 nitrogen and oxygen atoms in total. The molecule has 0 bridgehead atoms. The van der Waals surface area contributed by atoms with E-state index >= 15 is 0 Å². The molecule has 0 saturated heterocycles. The molecular weight excluding hydrogens is 624 g/mol. The fourth-order valence-electron chi connectivity index (χ4n) is 6.24. The Morgan fingerprint density at radius 1 is 1.00 bits per heavy atom. The molecule has 5 atom stereocenters. The minimum atomic E-state index is -1.35. The van der Waals surface area contributed by atoms with E-state index in [0.29, 0.717) is 37.4 Å². The number of hydrogen-bond acceptors (Lipinski definition) is 6. The highest BCUT2D eigenvalue weighted by atomic mass is 35.5. The van der Waals surface area contributed by atoms with E-state index in [9.17, 15) is 24.6 Å². The number of aliphatic imine (C=N–C) groups is 1. The van der Waals surface area contributed by atoms with Crippen molar-refractivity contribution in [1.82, 2.24) is 25.9 Å². The summed E-state index contributed by atoms with van der Waals surface area (Å²) in [6.45, 7) is 4.63. The van der Waals surface area contributed by atoms with Crippen LogP contribution in [-0.2, 0) is 22.4 Å². The number of halogens is 1. The number of hydrogen-bond donors (Lipinski definition) is 8. The molecule has 1 aromatic carbocycles. The molecule has 1 aliphatic carbocycles. The van der Waals surface area contributed by atoms with Crippen molar-refractivity contribution in [2.75, 3.05) is 6.54 Å². The van der Waals surface area contributed by atoms with E-state index in [1.54, 1.807) is 18.3 Å². The number of nitrogens with one attached hydrogen (secondary N) is 4. The number of aromatic nitrogens is 2. The Labute approximate surface area is 283 Å². The smallest absolute Gasteiger partial charge is 0.405 e. The number of aromatic amines is 1. The lowest BCUT2D eigenvalue weighted by Gasteiger charge is -2.33. The van der Waals surface area contributed by atoms with Crippen molar-refractivity contribution in [2.45, 2.75) is 102 Å². The van der Waals surface area contributed by atoms with Crippen LogP contribution in [0.15, 0.2) is 47.8 Å². The first-order valence-corrected chi connectivity index (χ1v) is 16.4. The zero-order chi connectivity index (χ0) is 33.5. The summed E-state index contributed by atoms with van der Waals surface area (Å²) in [6.07, 6.45) is 8.34. The molecule has 0 unspecified atom stereocenters. The third kappa shape index (κ3) is 14.2. The number of guanidine groups is 1. The number of amides is 3. The van der Waals surface area contributed by atoms with E-state index in [0.717, 1.165) is 31.2 Å². The molecule has 10 N–H and O–H groups in total. The molecule has 1 aromatic heterocycles. The highest BCUT2D eigenvalue weighted by molar-refractivity contribution is 5.91. The molecule has 3 amide bonds. The minimum Gasteiger partial charge on any atom is -0.465 e. The van der Waals surface area contributed by atoms with Crippen LogP contribution in [-0.4, -0.2) is 74.8 Å². The maximum atomic E-state index is 14.0. The zero-order valence-corrected chi connectivity index (χ0v) is 28.3. The highest BCUT2D eigenvalue weighted by Crippen LogP contribution is 2.30. The maximum Gasteiger partial charge on any atom is 0.405 e. The van der Waals surface area contributed by atoms with Crippen LogP contribution in [0.4, 0.5) is 4.79 Å². The third-order valence-corrected chi connectivity index (χ3v) is 8.89. The van der Waals surface area contributed by atoms with Gasteiger partial charge >= 0.3 is 6.09 Å². The summed E-state index contributed by atoms with van der Waals surface area (Å²) in [5, 5.41) is 29.2. The van der Waals surface area contributed by atoms with Gasteiger partial charge < -0.3 is 42.6 Å². The van der Waals surface area contributed by atoms with Gasteiger partial charge in [-0.3, -0.25) is 14.6 Å². The maximum absolute atomic E-state index is 14.0. The number of carbonyl (C=O) groups excluding carboxylic acids is 2. The van der Waals surface area contributed by atoms with Gasteiger partial charge in [0.15, 0.2) is 5.96 Å². The minimum absolute atomic E-state index is 0. The summed E-state index contributed by atoms with van der Waals surface area (Å²) in [5.74, 6) is -0.326. The molecular formula is C33H53ClN8O5. The van der Waals surface area contributed by atoms with Crippen molar-refractivity contribution in [3.63, 3.8) is 0 Å². The second-order valence-corrected chi connectivity index (χ2v) is 12.8. The molecule has 262 valence electrons. The van der Waals surface area contributed by atoms with Gasteiger partial charge in [0.25, 0.3) is 0 Å². The number of benzene rings is 1. The van der Waals surface area contributed by atoms with Crippen molar-refractivity contribution in [1.29, 1.82) is 0 Å². The number of aliphatic hydroxyl groups excluding tert-OH is 1. The van der Waals surface area contributed by atoms with Crippen molar-refractivity contribution < 1.29 is 24.6 Å². The van der Waals surface area contributed by atoms with Gasteiger partial charge in [-0.1, -0.05) is 76.3 Å². The van der Waals surface area contributed by atoms with Crippen molar-refractivity contribution in [3.8, 4) is 0 Å². The fraction of sp³-hybridized carbons (Fsp3) is 0.606. The van der Waals surface area contributed by atoms with E-state index in [1.165, 1.54) is 12.7 Å². The van der Waals surface area contributed by atoms with Gasteiger partial charge in [-0.2, -0.15) is 0 Å². The molecule has 14 heteroatoms. The lowest BCUT2D eigenvalue weighted by atomic mass is 9.80. The van der Waals surface area contributed by atoms with Crippen LogP contribution in [0.2, 0.25) is 0 Å². The van der Waals surface area contributed by atoms with Gasteiger partial charge in [0, 0.05) is 31.3 Å².